The van der Waals surface area contributed by atoms with Gasteiger partial charge in [-0.1, -0.05) is 133 Å². The highest BCUT2D eigenvalue weighted by Gasteiger charge is 1.95. The van der Waals surface area contributed by atoms with Crippen molar-refractivity contribution in [1.82, 2.24) is 0 Å². The smallest absolute Gasteiger partial charge is 0.0184 e. The summed E-state index contributed by atoms with van der Waals surface area (Å²) < 4.78 is 0. The van der Waals surface area contributed by atoms with Gasteiger partial charge < -0.3 is 0 Å². The predicted molar refractivity (Wildman–Crippen MR) is 125 cm³/mol. The molecule has 0 N–H and O–H groups in total. The van der Waals surface area contributed by atoms with Crippen LogP contribution in [0, 0.1) is 0 Å². The molecule has 0 radical (unpaired) electrons. The third-order valence-electron chi connectivity index (χ3n) is 4.44. The quantitative estimate of drug-likeness (QED) is 0.391. The van der Waals surface area contributed by atoms with Gasteiger partial charge in [-0.3, -0.25) is 0 Å². The number of benzene rings is 3. The van der Waals surface area contributed by atoms with E-state index in [-0.39, 0.29) is 0 Å². The Morgan fingerprint density at radius 1 is 0.500 bits per heavy atom. The first-order valence-corrected chi connectivity index (χ1v) is 9.62. The number of hydrogen-bond acceptors (Lipinski definition) is 0. The van der Waals surface area contributed by atoms with E-state index in [4.69, 9.17) is 0 Å². The Morgan fingerprint density at radius 3 is 1.25 bits per heavy atom. The van der Waals surface area contributed by atoms with Gasteiger partial charge in [0.15, 0.2) is 0 Å². The third kappa shape index (κ3) is 6.10. The van der Waals surface area contributed by atoms with E-state index < -0.39 is 0 Å². The summed E-state index contributed by atoms with van der Waals surface area (Å²) in [5.41, 5.74) is 7.33. The lowest BCUT2D eigenvalue weighted by atomic mass is 10.0. The molecule has 0 nitrogen and oxygen atoms in total. The van der Waals surface area contributed by atoms with Gasteiger partial charge in [0.2, 0.25) is 0 Å². The monoisotopic (exact) mass is 362 g/mol. The summed E-state index contributed by atoms with van der Waals surface area (Å²) in [6.45, 7) is 4.27. The molecule has 0 unspecified atom stereocenters. The lowest BCUT2D eigenvalue weighted by Crippen LogP contribution is -1.81. The Kier molecular flexibility index (Phi) is 6.98. The first-order chi connectivity index (χ1) is 13.7. The molecule has 3 rings (SSSR count). The van der Waals surface area contributed by atoms with E-state index in [1.165, 1.54) is 33.4 Å². The minimum atomic E-state index is 1.21. The van der Waals surface area contributed by atoms with Crippen molar-refractivity contribution >= 4 is 24.3 Å². The first-order valence-electron chi connectivity index (χ1n) is 9.62. The molecule has 0 fully saturated rings. The molecule has 0 bridgehead atoms. The van der Waals surface area contributed by atoms with E-state index in [1.54, 1.807) is 0 Å². The molecule has 28 heavy (non-hydrogen) atoms. The van der Waals surface area contributed by atoms with Crippen LogP contribution in [0.25, 0.3) is 24.3 Å². The van der Waals surface area contributed by atoms with Gasteiger partial charge >= 0.3 is 0 Å². The Hall–Kier alpha value is -3.38. The molecule has 0 saturated carbocycles. The summed E-state index contributed by atoms with van der Waals surface area (Å²) in [5.74, 6) is 0. The average molecular weight is 363 g/mol. The fourth-order valence-corrected chi connectivity index (χ4v) is 2.98. The first kappa shape index (κ1) is 19.4. The summed E-state index contributed by atoms with van der Waals surface area (Å²) in [6.07, 6.45) is 13.1. The molecule has 0 aliphatic rings. The third-order valence-corrected chi connectivity index (χ3v) is 4.44. The van der Waals surface area contributed by atoms with Crippen molar-refractivity contribution < 1.29 is 0 Å². The SMILES string of the molecule is CC(=C/c1ccccc1)/C=C/c1ccccc1/C=C/C(C)=C\c1ccccc1. The Labute approximate surface area is 168 Å². The molecule has 0 heterocycles. The standard InChI is InChI=1S/C28H26/c1-23(21-25-11-5-3-6-12-25)17-19-27-15-9-10-16-28(27)20-18-24(2)22-26-13-7-4-8-14-26/h3-22H,1-2H3/b19-17+,20-18+,23-21-,24-22-. The van der Waals surface area contributed by atoms with Gasteiger partial charge in [-0.25, -0.2) is 0 Å². The maximum absolute atomic E-state index is 2.20. The lowest BCUT2D eigenvalue weighted by molar-refractivity contribution is 1.53. The largest absolute Gasteiger partial charge is 0.0622 e. The Bertz CT molecular complexity index is 916. The second-order valence-corrected chi connectivity index (χ2v) is 6.89. The topological polar surface area (TPSA) is 0 Å². The molecule has 3 aromatic carbocycles. The van der Waals surface area contributed by atoms with Gasteiger partial charge in [0.25, 0.3) is 0 Å². The lowest BCUT2D eigenvalue weighted by Gasteiger charge is -2.02. The highest BCUT2D eigenvalue weighted by molar-refractivity contribution is 5.70. The Balaban J connectivity index is 1.76. The van der Waals surface area contributed by atoms with Crippen molar-refractivity contribution in [3.8, 4) is 0 Å². The zero-order valence-corrected chi connectivity index (χ0v) is 16.5. The molecule has 0 amide bonds. The minimum absolute atomic E-state index is 1.21. The van der Waals surface area contributed by atoms with Crippen molar-refractivity contribution in [1.29, 1.82) is 0 Å². The van der Waals surface area contributed by atoms with Gasteiger partial charge in [-0.05, 0) is 36.1 Å². The van der Waals surface area contributed by atoms with Crippen LogP contribution in [-0.2, 0) is 0 Å². The van der Waals surface area contributed by atoms with Gasteiger partial charge in [0, 0.05) is 0 Å². The molecule has 0 aromatic heterocycles. The highest BCUT2D eigenvalue weighted by Crippen LogP contribution is 2.17. The second-order valence-electron chi connectivity index (χ2n) is 6.89. The summed E-state index contributed by atoms with van der Waals surface area (Å²) >= 11 is 0. The number of hydrogen-bond donors (Lipinski definition) is 0. The van der Waals surface area contributed by atoms with Gasteiger partial charge in [0.1, 0.15) is 0 Å². The summed E-state index contributed by atoms with van der Waals surface area (Å²) in [7, 11) is 0. The van der Waals surface area contributed by atoms with E-state index in [2.05, 4.69) is 123 Å². The van der Waals surface area contributed by atoms with Crippen molar-refractivity contribution in [3.05, 3.63) is 130 Å². The highest BCUT2D eigenvalue weighted by atomic mass is 14.0. The van der Waals surface area contributed by atoms with Crippen LogP contribution in [0.2, 0.25) is 0 Å². The van der Waals surface area contributed by atoms with Crippen LogP contribution in [0.15, 0.2) is 108 Å². The Morgan fingerprint density at radius 2 is 0.857 bits per heavy atom. The molecule has 0 spiro atoms. The number of rotatable bonds is 6. The fourth-order valence-electron chi connectivity index (χ4n) is 2.98. The van der Waals surface area contributed by atoms with Crippen LogP contribution in [0.3, 0.4) is 0 Å². The van der Waals surface area contributed by atoms with Crippen LogP contribution in [0.4, 0.5) is 0 Å². The van der Waals surface area contributed by atoms with Gasteiger partial charge in [0.05, 0.1) is 0 Å². The molecule has 0 heteroatoms. The van der Waals surface area contributed by atoms with Crippen LogP contribution in [0.5, 0.6) is 0 Å². The van der Waals surface area contributed by atoms with E-state index >= 15 is 0 Å². The van der Waals surface area contributed by atoms with Gasteiger partial charge in [-0.2, -0.15) is 0 Å². The zero-order valence-electron chi connectivity index (χ0n) is 16.5. The summed E-state index contributed by atoms with van der Waals surface area (Å²) in [6, 6.07) is 29.3. The van der Waals surface area contributed by atoms with Crippen molar-refractivity contribution in [2.24, 2.45) is 0 Å². The van der Waals surface area contributed by atoms with E-state index in [0.29, 0.717) is 0 Å². The van der Waals surface area contributed by atoms with Crippen LogP contribution < -0.4 is 0 Å². The van der Waals surface area contributed by atoms with Crippen molar-refractivity contribution in [2.75, 3.05) is 0 Å². The number of allylic oxidation sites excluding steroid dienone is 4. The van der Waals surface area contributed by atoms with E-state index in [0.717, 1.165) is 0 Å². The van der Waals surface area contributed by atoms with Crippen LogP contribution in [0.1, 0.15) is 36.1 Å². The van der Waals surface area contributed by atoms with E-state index in [9.17, 15) is 0 Å². The minimum Gasteiger partial charge on any atom is -0.0622 e. The summed E-state index contributed by atoms with van der Waals surface area (Å²) in [5, 5.41) is 0. The normalized spacial score (nSPS) is 12.8. The summed E-state index contributed by atoms with van der Waals surface area (Å²) in [4.78, 5) is 0. The predicted octanol–water partition coefficient (Wildman–Crippen LogP) is 7.92. The average Bonchev–Trinajstić information content (AvgIpc) is 2.73. The van der Waals surface area contributed by atoms with Crippen LogP contribution >= 0.6 is 0 Å². The maximum atomic E-state index is 2.20. The van der Waals surface area contributed by atoms with Gasteiger partial charge in [-0.15, -0.1) is 0 Å². The molecule has 0 atom stereocenters. The van der Waals surface area contributed by atoms with E-state index in [1.807, 2.05) is 12.1 Å². The molecular formula is C28H26. The van der Waals surface area contributed by atoms with Crippen LogP contribution in [-0.4, -0.2) is 0 Å². The van der Waals surface area contributed by atoms with Crippen molar-refractivity contribution in [3.63, 3.8) is 0 Å². The fraction of sp³-hybridized carbons (Fsp3) is 0.0714. The van der Waals surface area contributed by atoms with Crippen molar-refractivity contribution in [2.45, 2.75) is 13.8 Å². The molecule has 3 aromatic rings. The maximum Gasteiger partial charge on any atom is -0.0184 e. The molecular weight excluding hydrogens is 336 g/mol. The second kappa shape index (κ2) is 10.1. The molecule has 0 saturated heterocycles. The molecule has 138 valence electrons. The molecule has 0 aliphatic heterocycles. The molecule has 0 aliphatic carbocycles. The zero-order chi connectivity index (χ0) is 19.6.